The Kier molecular flexibility index (Phi) is 6.31. The van der Waals surface area contributed by atoms with Crippen LogP contribution in [0.3, 0.4) is 0 Å². The van der Waals surface area contributed by atoms with Gasteiger partial charge in [0.1, 0.15) is 5.60 Å². The number of anilines is 1. The van der Waals surface area contributed by atoms with E-state index in [1.807, 2.05) is 45.0 Å². The zero-order valence-corrected chi connectivity index (χ0v) is 16.5. The molecule has 3 amide bonds. The quantitative estimate of drug-likeness (QED) is 0.670. The first-order chi connectivity index (χ1) is 11.2. The number of benzene rings is 1. The number of rotatable bonds is 1. The fourth-order valence-electron chi connectivity index (χ4n) is 2.37. The first-order valence-electron chi connectivity index (χ1n) is 8.04. The predicted molar refractivity (Wildman–Crippen MR) is 102 cm³/mol. The fourth-order valence-corrected chi connectivity index (χ4v) is 2.72. The minimum absolute atomic E-state index is 0.137. The minimum Gasteiger partial charge on any atom is -0.444 e. The number of urea groups is 1. The number of nitrogens with one attached hydrogen (secondary N) is 1. The molecule has 1 N–H and O–H groups in total. The summed E-state index contributed by atoms with van der Waals surface area (Å²) >= 11 is 2.22. The zero-order chi connectivity index (χ0) is 17.7. The topological polar surface area (TPSA) is 61.9 Å². The zero-order valence-electron chi connectivity index (χ0n) is 14.3. The second-order valence-corrected chi connectivity index (χ2v) is 7.99. The first-order valence-corrected chi connectivity index (χ1v) is 9.12. The lowest BCUT2D eigenvalue weighted by atomic mass is 10.2. The molecule has 0 aromatic heterocycles. The predicted octanol–water partition coefficient (Wildman–Crippen LogP) is 3.77. The van der Waals surface area contributed by atoms with Gasteiger partial charge in [0, 0.05) is 35.4 Å². The molecule has 2 rings (SSSR count). The van der Waals surface area contributed by atoms with Crippen molar-refractivity contribution in [3.8, 4) is 0 Å². The van der Waals surface area contributed by atoms with Gasteiger partial charge >= 0.3 is 12.1 Å². The molecule has 1 aliphatic heterocycles. The highest BCUT2D eigenvalue weighted by atomic mass is 127. The number of carbonyl (C=O) groups excluding carboxylic acids is 2. The third kappa shape index (κ3) is 5.85. The summed E-state index contributed by atoms with van der Waals surface area (Å²) in [7, 11) is 0. The molecule has 132 valence electrons. The molecule has 1 heterocycles. The van der Waals surface area contributed by atoms with Crippen LogP contribution in [0.1, 0.15) is 27.2 Å². The number of ether oxygens (including phenoxy) is 1. The molecule has 1 aliphatic rings. The first kappa shape index (κ1) is 18.8. The number of nitrogens with zero attached hydrogens (tertiary/aromatic N) is 2. The Morgan fingerprint density at radius 3 is 2.25 bits per heavy atom. The minimum atomic E-state index is -0.509. The summed E-state index contributed by atoms with van der Waals surface area (Å²) in [6, 6.07) is 7.52. The van der Waals surface area contributed by atoms with Gasteiger partial charge in [-0.3, -0.25) is 0 Å². The fraction of sp³-hybridized carbons (Fsp3) is 0.529. The molecule has 0 aliphatic carbocycles. The second-order valence-electron chi connectivity index (χ2n) is 6.75. The third-order valence-corrected chi connectivity index (χ3v) is 4.25. The van der Waals surface area contributed by atoms with Crippen LogP contribution in [-0.4, -0.2) is 53.7 Å². The van der Waals surface area contributed by atoms with E-state index in [2.05, 4.69) is 27.9 Å². The van der Waals surface area contributed by atoms with Crippen molar-refractivity contribution in [1.82, 2.24) is 9.80 Å². The van der Waals surface area contributed by atoms with Crippen molar-refractivity contribution in [2.45, 2.75) is 32.8 Å². The van der Waals surface area contributed by atoms with E-state index in [4.69, 9.17) is 4.74 Å². The Labute approximate surface area is 156 Å². The monoisotopic (exact) mass is 445 g/mol. The molecule has 7 heteroatoms. The highest BCUT2D eigenvalue weighted by molar-refractivity contribution is 14.1. The van der Waals surface area contributed by atoms with Gasteiger partial charge in [0.2, 0.25) is 0 Å². The maximum absolute atomic E-state index is 12.4. The van der Waals surface area contributed by atoms with Crippen LogP contribution in [0.5, 0.6) is 0 Å². The van der Waals surface area contributed by atoms with Crippen LogP contribution in [0.15, 0.2) is 24.3 Å². The van der Waals surface area contributed by atoms with E-state index in [1.165, 1.54) is 0 Å². The van der Waals surface area contributed by atoms with Crippen LogP contribution < -0.4 is 5.32 Å². The summed E-state index contributed by atoms with van der Waals surface area (Å²) in [6.45, 7) is 7.75. The Morgan fingerprint density at radius 2 is 1.62 bits per heavy atom. The highest BCUT2D eigenvalue weighted by Crippen LogP contribution is 2.14. The van der Waals surface area contributed by atoms with Gasteiger partial charge in [-0.2, -0.15) is 0 Å². The number of amides is 3. The van der Waals surface area contributed by atoms with Crippen molar-refractivity contribution in [2.24, 2.45) is 0 Å². The van der Waals surface area contributed by atoms with E-state index < -0.39 is 5.60 Å². The van der Waals surface area contributed by atoms with E-state index in [0.717, 1.165) is 15.7 Å². The van der Waals surface area contributed by atoms with Crippen LogP contribution in [0.2, 0.25) is 0 Å². The van der Waals surface area contributed by atoms with E-state index >= 15 is 0 Å². The number of hydrogen-bond donors (Lipinski definition) is 1. The summed E-state index contributed by atoms with van der Waals surface area (Å²) in [5.41, 5.74) is 0.263. The van der Waals surface area contributed by atoms with Gasteiger partial charge in [-0.15, -0.1) is 0 Å². The number of hydrogen-bond acceptors (Lipinski definition) is 3. The van der Waals surface area contributed by atoms with Crippen LogP contribution >= 0.6 is 22.6 Å². The van der Waals surface area contributed by atoms with Gasteiger partial charge in [-0.25, -0.2) is 9.59 Å². The Bertz CT molecular complexity index is 584. The SMILES string of the molecule is CC(C)(C)OC(=O)N1CCCN(C(=O)Nc2ccc(I)cc2)CC1. The average Bonchev–Trinajstić information content (AvgIpc) is 2.74. The second kappa shape index (κ2) is 8.04. The molecule has 6 nitrogen and oxygen atoms in total. The van der Waals surface area contributed by atoms with Gasteiger partial charge in [-0.1, -0.05) is 0 Å². The summed E-state index contributed by atoms with van der Waals surface area (Å²) in [4.78, 5) is 27.9. The molecule has 0 bridgehead atoms. The molecule has 0 radical (unpaired) electrons. The Morgan fingerprint density at radius 1 is 1.04 bits per heavy atom. The van der Waals surface area contributed by atoms with E-state index in [1.54, 1.807) is 9.80 Å². The van der Waals surface area contributed by atoms with Gasteiger partial charge in [0.25, 0.3) is 0 Å². The lowest BCUT2D eigenvalue weighted by Crippen LogP contribution is -2.41. The third-order valence-electron chi connectivity index (χ3n) is 3.53. The molecule has 1 aromatic rings. The standard InChI is InChI=1S/C17H24IN3O3/c1-17(2,3)24-16(23)21-10-4-9-20(11-12-21)15(22)19-14-7-5-13(18)6-8-14/h5-8H,4,9-12H2,1-3H3,(H,19,22). The van der Waals surface area contributed by atoms with Gasteiger partial charge in [-0.05, 0) is 74.0 Å². The van der Waals surface area contributed by atoms with E-state index in [9.17, 15) is 9.59 Å². The van der Waals surface area contributed by atoms with Crippen molar-refractivity contribution < 1.29 is 14.3 Å². The normalized spacial score (nSPS) is 15.7. The van der Waals surface area contributed by atoms with Gasteiger partial charge in [0.05, 0.1) is 0 Å². The highest BCUT2D eigenvalue weighted by Gasteiger charge is 2.25. The van der Waals surface area contributed by atoms with Crippen molar-refractivity contribution in [3.63, 3.8) is 0 Å². The lowest BCUT2D eigenvalue weighted by Gasteiger charge is -2.26. The smallest absolute Gasteiger partial charge is 0.410 e. The van der Waals surface area contributed by atoms with E-state index in [-0.39, 0.29) is 12.1 Å². The molecule has 0 saturated carbocycles. The van der Waals surface area contributed by atoms with Gasteiger partial charge < -0.3 is 19.9 Å². The van der Waals surface area contributed by atoms with Crippen molar-refractivity contribution >= 4 is 40.4 Å². The molecular formula is C17H24IN3O3. The van der Waals surface area contributed by atoms with Crippen molar-refractivity contribution in [1.29, 1.82) is 0 Å². The molecule has 1 aromatic carbocycles. The average molecular weight is 445 g/mol. The maximum atomic E-state index is 12.4. The maximum Gasteiger partial charge on any atom is 0.410 e. The summed E-state index contributed by atoms with van der Waals surface area (Å²) in [5, 5.41) is 2.90. The van der Waals surface area contributed by atoms with Gasteiger partial charge in [0.15, 0.2) is 0 Å². The molecule has 1 saturated heterocycles. The summed E-state index contributed by atoms with van der Waals surface area (Å²) in [6.07, 6.45) is 0.418. The molecule has 24 heavy (non-hydrogen) atoms. The van der Waals surface area contributed by atoms with Crippen molar-refractivity contribution in [2.75, 3.05) is 31.5 Å². The van der Waals surface area contributed by atoms with Crippen LogP contribution in [-0.2, 0) is 4.74 Å². The van der Waals surface area contributed by atoms with Crippen molar-refractivity contribution in [3.05, 3.63) is 27.8 Å². The Hall–Kier alpha value is -1.51. The molecule has 0 atom stereocenters. The summed E-state index contributed by atoms with van der Waals surface area (Å²) in [5.74, 6) is 0. The molecule has 1 fully saturated rings. The van der Waals surface area contributed by atoms with E-state index in [0.29, 0.717) is 26.2 Å². The Balaban J connectivity index is 1.89. The number of carbonyl (C=O) groups is 2. The summed E-state index contributed by atoms with van der Waals surface area (Å²) < 4.78 is 6.52. The molecular weight excluding hydrogens is 421 g/mol. The number of halogens is 1. The van der Waals surface area contributed by atoms with Crippen LogP contribution in [0.25, 0.3) is 0 Å². The lowest BCUT2D eigenvalue weighted by molar-refractivity contribution is 0.0259. The van der Waals surface area contributed by atoms with Crippen LogP contribution in [0.4, 0.5) is 15.3 Å². The molecule has 0 spiro atoms. The molecule has 0 unspecified atom stereocenters. The van der Waals surface area contributed by atoms with Crippen LogP contribution in [0, 0.1) is 3.57 Å². The largest absolute Gasteiger partial charge is 0.444 e.